The van der Waals surface area contributed by atoms with Gasteiger partial charge in [0, 0.05) is 0 Å². The molecule has 0 spiro atoms. The van der Waals surface area contributed by atoms with E-state index in [2.05, 4.69) is 33.4 Å². The number of hydrogen-bond acceptors (Lipinski definition) is 0. The zero-order valence-corrected chi connectivity index (χ0v) is 16.6. The summed E-state index contributed by atoms with van der Waals surface area (Å²) in [5, 5.41) is 0. The molecular weight excluding hydrogens is 276 g/mol. The summed E-state index contributed by atoms with van der Waals surface area (Å²) in [4.78, 5) is 0. The highest BCUT2D eigenvalue weighted by molar-refractivity contribution is 5.18. The SMILES string of the molecule is C=C(C)C=C(CCCCCCCCC)CCCCCCCCC. The van der Waals surface area contributed by atoms with E-state index in [9.17, 15) is 0 Å². The normalized spacial score (nSPS) is 10.7. The van der Waals surface area contributed by atoms with Crippen LogP contribution in [0.4, 0.5) is 0 Å². The first-order valence-electron chi connectivity index (χ1n) is 10.6. The Hall–Kier alpha value is -0.520. The van der Waals surface area contributed by atoms with E-state index >= 15 is 0 Å². The molecule has 0 nitrogen and oxygen atoms in total. The third-order valence-corrected chi connectivity index (χ3v) is 4.65. The van der Waals surface area contributed by atoms with Crippen LogP contribution in [-0.2, 0) is 0 Å². The largest absolute Gasteiger partial charge is 0.0961 e. The molecule has 0 aliphatic rings. The molecule has 0 atom stereocenters. The van der Waals surface area contributed by atoms with Gasteiger partial charge in [-0.2, -0.15) is 0 Å². The van der Waals surface area contributed by atoms with Gasteiger partial charge >= 0.3 is 0 Å². The Morgan fingerprint density at radius 2 is 0.957 bits per heavy atom. The molecule has 0 radical (unpaired) electrons. The van der Waals surface area contributed by atoms with Crippen LogP contribution in [0, 0.1) is 0 Å². The van der Waals surface area contributed by atoms with Crippen molar-refractivity contribution in [3.8, 4) is 0 Å². The smallest absolute Gasteiger partial charge is 0.0317 e. The molecule has 0 saturated carbocycles. The molecule has 0 heteroatoms. The van der Waals surface area contributed by atoms with Crippen molar-refractivity contribution in [2.24, 2.45) is 0 Å². The van der Waals surface area contributed by atoms with Crippen LogP contribution in [0.3, 0.4) is 0 Å². The molecular formula is C23H44. The Morgan fingerprint density at radius 1 is 0.609 bits per heavy atom. The fraction of sp³-hybridized carbons (Fsp3) is 0.826. The van der Waals surface area contributed by atoms with Crippen molar-refractivity contribution in [1.29, 1.82) is 0 Å². The molecule has 0 aromatic heterocycles. The lowest BCUT2D eigenvalue weighted by Crippen LogP contribution is -1.89. The van der Waals surface area contributed by atoms with Crippen LogP contribution in [0.2, 0.25) is 0 Å². The molecule has 0 aliphatic carbocycles. The van der Waals surface area contributed by atoms with Crippen molar-refractivity contribution in [1.82, 2.24) is 0 Å². The van der Waals surface area contributed by atoms with Gasteiger partial charge in [0.25, 0.3) is 0 Å². The fourth-order valence-electron chi connectivity index (χ4n) is 3.24. The van der Waals surface area contributed by atoms with E-state index in [-0.39, 0.29) is 0 Å². The van der Waals surface area contributed by atoms with Crippen molar-refractivity contribution in [3.63, 3.8) is 0 Å². The molecule has 0 unspecified atom stereocenters. The number of unbranched alkanes of at least 4 members (excludes halogenated alkanes) is 12. The molecule has 0 bridgehead atoms. The minimum Gasteiger partial charge on any atom is -0.0961 e. The van der Waals surface area contributed by atoms with Gasteiger partial charge in [0.15, 0.2) is 0 Å². The molecule has 0 N–H and O–H groups in total. The van der Waals surface area contributed by atoms with Gasteiger partial charge in [-0.25, -0.2) is 0 Å². The Morgan fingerprint density at radius 3 is 1.30 bits per heavy atom. The molecule has 23 heavy (non-hydrogen) atoms. The highest BCUT2D eigenvalue weighted by Gasteiger charge is 2.00. The maximum Gasteiger partial charge on any atom is -0.0317 e. The van der Waals surface area contributed by atoms with E-state index in [1.807, 2.05) is 0 Å². The standard InChI is InChI=1S/C23H44/c1-5-7-9-11-13-15-17-19-23(21-22(3)4)20-18-16-14-12-10-8-6-2/h21H,3,5-20H2,1-2,4H3. The van der Waals surface area contributed by atoms with Crippen LogP contribution in [0.25, 0.3) is 0 Å². The predicted molar refractivity (Wildman–Crippen MR) is 108 cm³/mol. The zero-order chi connectivity index (χ0) is 17.2. The molecule has 136 valence electrons. The highest BCUT2D eigenvalue weighted by atomic mass is 14.1. The van der Waals surface area contributed by atoms with Gasteiger partial charge in [0.05, 0.1) is 0 Å². The summed E-state index contributed by atoms with van der Waals surface area (Å²) in [5.41, 5.74) is 2.88. The lowest BCUT2D eigenvalue weighted by atomic mass is 9.98. The lowest BCUT2D eigenvalue weighted by molar-refractivity contribution is 0.570. The van der Waals surface area contributed by atoms with Gasteiger partial charge in [0.2, 0.25) is 0 Å². The van der Waals surface area contributed by atoms with Crippen LogP contribution < -0.4 is 0 Å². The summed E-state index contributed by atoms with van der Waals surface area (Å²) in [6, 6.07) is 0. The van der Waals surface area contributed by atoms with Crippen LogP contribution in [-0.4, -0.2) is 0 Å². The summed E-state index contributed by atoms with van der Waals surface area (Å²) in [6.45, 7) is 10.8. The molecule has 0 amide bonds. The van der Waals surface area contributed by atoms with Gasteiger partial charge in [-0.05, 0) is 32.6 Å². The topological polar surface area (TPSA) is 0 Å². The molecule has 0 rings (SSSR count). The first kappa shape index (κ1) is 22.5. The predicted octanol–water partition coefficient (Wildman–Crippen LogP) is 8.77. The van der Waals surface area contributed by atoms with E-state index in [1.54, 1.807) is 5.57 Å². The molecule has 0 aromatic rings. The summed E-state index contributed by atoms with van der Waals surface area (Å²) in [7, 11) is 0. The monoisotopic (exact) mass is 320 g/mol. The Labute approximate surface area is 147 Å². The number of hydrogen-bond donors (Lipinski definition) is 0. The third kappa shape index (κ3) is 17.7. The van der Waals surface area contributed by atoms with Crippen LogP contribution >= 0.6 is 0 Å². The summed E-state index contributed by atoms with van der Waals surface area (Å²) in [5.74, 6) is 0. The second kappa shape index (κ2) is 17.8. The van der Waals surface area contributed by atoms with E-state index in [4.69, 9.17) is 0 Å². The Bertz CT molecular complexity index is 264. The van der Waals surface area contributed by atoms with E-state index in [1.165, 1.54) is 108 Å². The van der Waals surface area contributed by atoms with Gasteiger partial charge in [-0.1, -0.05) is 115 Å². The maximum atomic E-state index is 4.07. The lowest BCUT2D eigenvalue weighted by Gasteiger charge is -2.09. The van der Waals surface area contributed by atoms with Crippen molar-refractivity contribution in [2.75, 3.05) is 0 Å². The van der Waals surface area contributed by atoms with Crippen LogP contribution in [0.15, 0.2) is 23.8 Å². The second-order valence-electron chi connectivity index (χ2n) is 7.39. The van der Waals surface area contributed by atoms with Gasteiger partial charge < -0.3 is 0 Å². The summed E-state index contributed by atoms with van der Waals surface area (Å²) < 4.78 is 0. The minimum absolute atomic E-state index is 1.23. The van der Waals surface area contributed by atoms with Crippen molar-refractivity contribution in [2.45, 2.75) is 124 Å². The quantitative estimate of drug-likeness (QED) is 0.185. The average Bonchev–Trinajstić information content (AvgIpc) is 2.52. The highest BCUT2D eigenvalue weighted by Crippen LogP contribution is 2.20. The average molecular weight is 321 g/mol. The molecule has 0 aromatic carbocycles. The number of allylic oxidation sites excluding steroid dienone is 3. The Kier molecular flexibility index (Phi) is 17.4. The van der Waals surface area contributed by atoms with E-state index < -0.39 is 0 Å². The summed E-state index contributed by atoms with van der Waals surface area (Å²) >= 11 is 0. The van der Waals surface area contributed by atoms with Crippen LogP contribution in [0.1, 0.15) is 124 Å². The first-order chi connectivity index (χ1) is 11.2. The fourth-order valence-corrected chi connectivity index (χ4v) is 3.24. The number of rotatable bonds is 17. The van der Waals surface area contributed by atoms with Gasteiger partial charge in [-0.3, -0.25) is 0 Å². The Balaban J connectivity index is 3.72. The van der Waals surface area contributed by atoms with Crippen molar-refractivity contribution in [3.05, 3.63) is 23.8 Å². The summed E-state index contributed by atoms with van der Waals surface area (Å²) in [6.07, 6.45) is 24.7. The molecule has 0 saturated heterocycles. The van der Waals surface area contributed by atoms with Gasteiger partial charge in [-0.15, -0.1) is 0 Å². The van der Waals surface area contributed by atoms with E-state index in [0.29, 0.717) is 0 Å². The van der Waals surface area contributed by atoms with Crippen LogP contribution in [0.5, 0.6) is 0 Å². The van der Waals surface area contributed by atoms with Crippen molar-refractivity contribution >= 4 is 0 Å². The maximum absolute atomic E-state index is 4.07. The second-order valence-corrected chi connectivity index (χ2v) is 7.39. The first-order valence-corrected chi connectivity index (χ1v) is 10.6. The zero-order valence-electron chi connectivity index (χ0n) is 16.6. The molecule has 0 aliphatic heterocycles. The molecule has 0 heterocycles. The minimum atomic E-state index is 1.23. The van der Waals surface area contributed by atoms with Gasteiger partial charge in [0.1, 0.15) is 0 Å². The third-order valence-electron chi connectivity index (χ3n) is 4.65. The van der Waals surface area contributed by atoms with Crippen molar-refractivity contribution < 1.29 is 0 Å². The van der Waals surface area contributed by atoms with E-state index in [0.717, 1.165) is 0 Å². The molecule has 0 fully saturated rings.